The number of carbonyl (C=O) groups excluding carboxylic acids is 6. The fraction of sp³-hybridized carbons (Fsp3) is 0.809. The Morgan fingerprint density at radius 1 is 0.567 bits per heavy atom. The average Bonchev–Trinajstić information content (AvgIpc) is 1.49. The summed E-state index contributed by atoms with van der Waals surface area (Å²) in [5, 5.41) is 221. The number of hydrogen-bond acceptors (Lipinski definition) is 42. The van der Waals surface area contributed by atoms with Gasteiger partial charge in [-0.05, 0) is 119 Å². The predicted octanol–water partition coefficient (Wildman–Crippen LogP) is -4.04. The summed E-state index contributed by atoms with van der Waals surface area (Å²) in [4.78, 5) is 82.6. The van der Waals surface area contributed by atoms with Crippen LogP contribution in [0.4, 0.5) is 14.5 Å². The lowest BCUT2D eigenvalue weighted by molar-refractivity contribution is -0.403. The van der Waals surface area contributed by atoms with E-state index < -0.39 is 343 Å². The fourth-order valence-electron chi connectivity index (χ4n) is 23.1. The number of hydrogen-bond donors (Lipinski definition) is 20. The lowest BCUT2D eigenvalue weighted by Crippen LogP contribution is -2.71. The van der Waals surface area contributed by atoms with Crippen LogP contribution in [0.15, 0.2) is 48.1 Å². The van der Waals surface area contributed by atoms with Gasteiger partial charge in [0.1, 0.15) is 195 Å². The molecule has 141 heavy (non-hydrogen) atoms. The van der Waals surface area contributed by atoms with Crippen LogP contribution in [0.25, 0.3) is 0 Å². The zero-order valence-corrected chi connectivity index (χ0v) is 79.3. The minimum atomic E-state index is -2.38. The van der Waals surface area contributed by atoms with Crippen LogP contribution in [0.3, 0.4) is 0 Å². The first-order valence-corrected chi connectivity index (χ1v) is 48.9. The van der Waals surface area contributed by atoms with Crippen molar-refractivity contribution in [3.8, 4) is 5.75 Å². The number of nitrogens with one attached hydrogen (secondary N) is 2. The Morgan fingerprint density at radius 2 is 1.05 bits per heavy atom. The van der Waals surface area contributed by atoms with Gasteiger partial charge in [0.15, 0.2) is 61.1 Å². The number of unbranched alkanes of at least 4 members (excludes halogenated alkanes) is 1. The van der Waals surface area contributed by atoms with Gasteiger partial charge in [-0.15, -0.1) is 5.10 Å². The van der Waals surface area contributed by atoms with E-state index in [1.807, 2.05) is 20.8 Å². The molecule has 23 saturated heterocycles. The molecule has 12 bridgehead atoms. The van der Waals surface area contributed by atoms with Crippen molar-refractivity contribution in [1.82, 2.24) is 20.3 Å². The summed E-state index contributed by atoms with van der Waals surface area (Å²) in [6, 6.07) is 6.22. The van der Waals surface area contributed by atoms with Crippen molar-refractivity contribution in [2.45, 2.75) is 378 Å². The van der Waals surface area contributed by atoms with Crippen molar-refractivity contribution in [3.05, 3.63) is 59.5 Å². The lowest BCUT2D eigenvalue weighted by atomic mass is 9.44. The van der Waals surface area contributed by atoms with Gasteiger partial charge in [0.25, 0.3) is 0 Å². The number of alkyl halides is 2. The van der Waals surface area contributed by atoms with E-state index >= 15 is 8.78 Å². The number of allylic oxidation sites excluding steroid dienone is 4. The molecule has 5 aliphatic carbocycles. The van der Waals surface area contributed by atoms with Crippen molar-refractivity contribution in [3.63, 3.8) is 0 Å². The van der Waals surface area contributed by atoms with E-state index in [0.717, 1.165) is 6.08 Å². The number of halogens is 2. The number of ketones is 4. The van der Waals surface area contributed by atoms with Crippen molar-refractivity contribution in [2.75, 3.05) is 58.1 Å². The standard InChI is InChI=1S/C94H137F2N5O40/c1-8-14-64-134-62-29-46-47-28-49(95)48-26-43(107)22-23-91(48,6)93(47,96)60(110)30-92(46,7)94(62,141-64)61(111)37-126-44-20-18-42(19-21-44)98-84(125)41(5)25-52(109)45(39(2)3)27-51(108)40(4)15-12-13-24-97-63(112)38-127-53-17-11-9-10-16-50-65(53)99-100-101(50)31-54-78-66(113)72(119)85(128-54)136-79-55(32-102)130-87(74(121)68(79)115)138-81-57(34-104)132-89(76(123)70(81)117)140-83-59(36-106)133-90(77(124)71(83)118)139-82-58(35-105)131-88(75(122)69(82)116)137-80-56(33-103)129-86(135-78)73(120)67(80)114/h18-23,26,39-41,45-47,49,53-60,62,64,66-83,85-90,102-106,110,113-124H,8-17,24-25,27-38H2,1-7H3,(H,97,112)(H,98,125)/t40-,41-,45+,46+,47+,49+,53?,54?,55?,56?,57?,58?,59?,60+,62-,64?,66?,67?,68?,69?,70?,71?,72?,73?,74?,75?,76?,77?,78?,79?,80?,81?,82?,83?,85?,86?,87?,88?,89?,90?,91+,92+,93+,94-/m1/s1. The molecule has 2 aromatic rings. The highest BCUT2D eigenvalue weighted by molar-refractivity contribution is 6.01. The highest BCUT2D eigenvalue weighted by Crippen LogP contribution is 2.72. The molecule has 2 amide bonds. The second-order valence-corrected chi connectivity index (χ2v) is 40.5. The van der Waals surface area contributed by atoms with E-state index in [2.05, 4.69) is 20.9 Å². The number of Topliss-reactive ketones (excluding diaryl/α,β-unsaturated/α-hetero) is 3. The second-order valence-electron chi connectivity index (χ2n) is 40.5. The minimum Gasteiger partial charge on any atom is -0.486 e. The van der Waals surface area contributed by atoms with E-state index in [9.17, 15) is 121 Å². The maximum absolute atomic E-state index is 18.1. The van der Waals surface area contributed by atoms with Gasteiger partial charge in [-0.2, -0.15) is 0 Å². The monoisotopic (exact) mass is 2010 g/mol. The number of nitrogens with zero attached hydrogens (tertiary/aromatic N) is 3. The molecule has 30 rings (SSSR count). The summed E-state index contributed by atoms with van der Waals surface area (Å²) < 4.78 is 133. The largest absolute Gasteiger partial charge is 0.486 e. The molecule has 20 N–H and O–H groups in total. The maximum atomic E-state index is 18.1. The molecule has 1 aromatic heterocycles. The van der Waals surface area contributed by atoms with Crippen LogP contribution >= 0.6 is 0 Å². The number of carbonyl (C=O) groups is 6. The molecule has 24 heterocycles. The SMILES string of the molecule is CCCC1O[C@@H]2C[C@H]3[C@@H]4C[C@H](F)C5=CC(=O)C=C[C@]5(C)[C@@]4(F)[C@@H](O)C[C@]3(C)[C@]2(C(=O)COc2ccc(NC(=O)[C@H](C)CC(=O)[C@@H](CC(=O)[C@H](C)CCCCNC(=O)COC3CCCCCc4c3nnn4CC3OC4OC5C(CO)OC(OC6C(CO)OC(OC7C(CO)OC(OC8C(CO)OC(OC9C(CO)OC(OC3C(O)C4O)C(O)C9O)C(O)C8O)C(O)C7O)C(O)C6O)C(O)C5O)C(C)C)cc2)O1. The second kappa shape index (κ2) is 45.5. The maximum Gasteiger partial charge on any atom is 0.246 e. The minimum absolute atomic E-state index is 0.0164. The van der Waals surface area contributed by atoms with Crippen molar-refractivity contribution in [1.29, 1.82) is 0 Å². The first kappa shape index (κ1) is 109. The van der Waals surface area contributed by atoms with Gasteiger partial charge in [0, 0.05) is 59.6 Å². The predicted molar refractivity (Wildman–Crippen MR) is 469 cm³/mol. The van der Waals surface area contributed by atoms with Crippen molar-refractivity contribution in [2.24, 2.45) is 46.3 Å². The van der Waals surface area contributed by atoms with Crippen LogP contribution in [-0.2, 0) is 113 Å². The third kappa shape index (κ3) is 21.4. The summed E-state index contributed by atoms with van der Waals surface area (Å²) in [6.07, 6.45) is -58.9. The number of aromatic nitrogens is 3. The summed E-state index contributed by atoms with van der Waals surface area (Å²) in [5.41, 5.74) is -5.90. The lowest BCUT2D eigenvalue weighted by Gasteiger charge is -2.63. The van der Waals surface area contributed by atoms with Crippen LogP contribution in [0.2, 0.25) is 0 Å². The van der Waals surface area contributed by atoms with Crippen LogP contribution in [0, 0.1) is 46.3 Å². The molecular weight excluding hydrogens is 1880 g/mol. The molecule has 26 fully saturated rings. The van der Waals surface area contributed by atoms with Crippen molar-refractivity contribution >= 4 is 40.6 Å². The van der Waals surface area contributed by atoms with Crippen molar-refractivity contribution < 1.29 is 205 Å². The average molecular weight is 2020 g/mol. The first-order valence-electron chi connectivity index (χ1n) is 48.9. The number of anilines is 1. The fourth-order valence-corrected chi connectivity index (χ4v) is 23.1. The molecular formula is C94H137F2N5O40. The number of fused-ring (bicyclic) bond motifs is 8. The van der Waals surface area contributed by atoms with Gasteiger partial charge in [-0.1, -0.05) is 78.5 Å². The molecule has 45 nitrogen and oxygen atoms in total. The molecule has 28 aliphatic rings. The highest BCUT2D eigenvalue weighted by atomic mass is 19.1. The molecule has 44 atom stereocenters. The third-order valence-corrected chi connectivity index (χ3v) is 31.2. The van der Waals surface area contributed by atoms with Gasteiger partial charge in [0.05, 0.1) is 57.5 Å². The summed E-state index contributed by atoms with van der Waals surface area (Å²) in [5.74, 6) is -6.13. The Labute approximate surface area is 810 Å². The van der Waals surface area contributed by atoms with Gasteiger partial charge in [-0.25, -0.2) is 13.5 Å². The topological polar surface area (TPSA) is 669 Å². The van der Waals surface area contributed by atoms with E-state index in [1.54, 1.807) is 45.0 Å². The number of amides is 2. The van der Waals surface area contributed by atoms with Gasteiger partial charge in [0.2, 0.25) is 17.6 Å². The van der Waals surface area contributed by atoms with Gasteiger partial charge in [-0.3, -0.25) is 28.8 Å². The van der Waals surface area contributed by atoms with Crippen LogP contribution in [0.5, 0.6) is 5.75 Å². The Hall–Kier alpha value is -6.20. The highest BCUT2D eigenvalue weighted by Gasteiger charge is 2.80. The smallest absolute Gasteiger partial charge is 0.246 e. The first-order chi connectivity index (χ1) is 67.1. The Bertz CT molecular complexity index is 4650. The van der Waals surface area contributed by atoms with E-state index in [-0.39, 0.29) is 79.6 Å². The normalized spacial score (nSPS) is 43.6. The zero-order chi connectivity index (χ0) is 102. The van der Waals surface area contributed by atoms with Crippen LogP contribution in [0.1, 0.15) is 156 Å². The number of benzene rings is 1. The van der Waals surface area contributed by atoms with Crippen LogP contribution in [-0.4, -0.2) is 415 Å². The van der Waals surface area contributed by atoms with Gasteiger partial charge >= 0.3 is 0 Å². The Balaban J connectivity index is 0.549. The molecule has 0 radical (unpaired) electrons. The quantitative estimate of drug-likeness (QED) is 0.0331. The molecule has 792 valence electrons. The molecule has 32 unspecified atom stereocenters. The van der Waals surface area contributed by atoms with E-state index in [0.29, 0.717) is 69.2 Å². The zero-order valence-electron chi connectivity index (χ0n) is 79.3. The Kier molecular flexibility index (Phi) is 35.1. The molecule has 0 spiro atoms. The van der Waals surface area contributed by atoms with Crippen LogP contribution < -0.4 is 15.4 Å². The summed E-state index contributed by atoms with van der Waals surface area (Å²) in [6.45, 7) is 5.66. The van der Waals surface area contributed by atoms with Gasteiger partial charge < -0.3 is 178 Å². The summed E-state index contributed by atoms with van der Waals surface area (Å²) in [7, 11) is 0. The number of rotatable bonds is 30. The molecule has 47 heteroatoms. The molecule has 3 saturated carbocycles. The number of aliphatic hydroxyl groups is 18. The third-order valence-electron chi connectivity index (χ3n) is 31.2. The molecule has 1 aromatic carbocycles. The number of ether oxygens (including phenoxy) is 16. The van der Waals surface area contributed by atoms with E-state index in [1.165, 1.54) is 23.8 Å². The molecule has 23 aliphatic heterocycles. The summed E-state index contributed by atoms with van der Waals surface area (Å²) >= 11 is 0. The number of aliphatic hydroxyl groups excluding tert-OH is 18. The Morgan fingerprint density at radius 3 is 1.52 bits per heavy atom. The van der Waals surface area contributed by atoms with E-state index in [4.69, 9.17) is 75.8 Å².